The molecule has 2 amide bonds. The van der Waals surface area contributed by atoms with Gasteiger partial charge in [-0.3, -0.25) is 9.59 Å². The predicted octanol–water partition coefficient (Wildman–Crippen LogP) is 3.28. The summed E-state index contributed by atoms with van der Waals surface area (Å²) < 4.78 is 11.0. The normalized spacial score (nSPS) is 17.5. The van der Waals surface area contributed by atoms with Gasteiger partial charge >= 0.3 is 0 Å². The number of nitrogens with zero attached hydrogens (tertiary/aromatic N) is 2. The minimum Gasteiger partial charge on any atom is -0.497 e. The van der Waals surface area contributed by atoms with Crippen molar-refractivity contribution >= 4 is 17.5 Å². The van der Waals surface area contributed by atoms with Crippen LogP contribution in [-0.4, -0.2) is 48.2 Å². The highest BCUT2D eigenvalue weighted by molar-refractivity contribution is 6.04. The van der Waals surface area contributed by atoms with Gasteiger partial charge in [0.2, 0.25) is 5.91 Å². The lowest BCUT2D eigenvalue weighted by Crippen LogP contribution is -2.52. The number of carbonyl (C=O) groups is 2. The molecule has 1 saturated heterocycles. The van der Waals surface area contributed by atoms with Crippen LogP contribution in [0.15, 0.2) is 72.8 Å². The Morgan fingerprint density at radius 1 is 1.17 bits per heavy atom. The van der Waals surface area contributed by atoms with Crippen molar-refractivity contribution in [2.75, 3.05) is 25.6 Å². The van der Waals surface area contributed by atoms with Gasteiger partial charge in [0.1, 0.15) is 18.5 Å². The van der Waals surface area contributed by atoms with E-state index in [4.69, 9.17) is 14.7 Å². The second kappa shape index (κ2) is 10.8. The monoisotopic (exact) mass is 471 g/mol. The summed E-state index contributed by atoms with van der Waals surface area (Å²) in [5, 5.41) is 22.0. The molecule has 8 heteroatoms. The SMILES string of the molecule is COc1ccc(CN2C(=O)CO[C@H](c3ccc(NC(=O)c4cccc(C#N)c4)cc3)[C@H]2CO)cc1. The van der Waals surface area contributed by atoms with E-state index in [0.29, 0.717) is 23.4 Å². The summed E-state index contributed by atoms with van der Waals surface area (Å²) in [6.07, 6.45) is -0.520. The number of aliphatic hydroxyl groups is 1. The predicted molar refractivity (Wildman–Crippen MR) is 129 cm³/mol. The van der Waals surface area contributed by atoms with Crippen molar-refractivity contribution in [1.29, 1.82) is 5.26 Å². The topological polar surface area (TPSA) is 112 Å². The van der Waals surface area contributed by atoms with Crippen LogP contribution in [0.1, 0.15) is 33.2 Å². The van der Waals surface area contributed by atoms with Gasteiger partial charge in [-0.25, -0.2) is 0 Å². The number of hydrogen-bond donors (Lipinski definition) is 2. The summed E-state index contributed by atoms with van der Waals surface area (Å²) in [6, 6.07) is 22.4. The largest absolute Gasteiger partial charge is 0.497 e. The average molecular weight is 472 g/mol. The summed E-state index contributed by atoms with van der Waals surface area (Å²) >= 11 is 0. The van der Waals surface area contributed by atoms with Gasteiger partial charge in [0, 0.05) is 17.8 Å². The molecular formula is C27H25N3O5. The van der Waals surface area contributed by atoms with E-state index >= 15 is 0 Å². The van der Waals surface area contributed by atoms with E-state index in [9.17, 15) is 14.7 Å². The number of ether oxygens (including phenoxy) is 2. The Balaban J connectivity index is 1.47. The molecule has 8 nitrogen and oxygen atoms in total. The van der Waals surface area contributed by atoms with E-state index in [-0.39, 0.29) is 25.0 Å². The molecule has 0 unspecified atom stereocenters. The van der Waals surface area contributed by atoms with E-state index in [0.717, 1.165) is 16.9 Å². The number of rotatable bonds is 7. The number of hydrogen-bond acceptors (Lipinski definition) is 6. The average Bonchev–Trinajstić information content (AvgIpc) is 2.90. The summed E-state index contributed by atoms with van der Waals surface area (Å²) in [7, 11) is 1.59. The van der Waals surface area contributed by atoms with Crippen molar-refractivity contribution in [1.82, 2.24) is 4.90 Å². The third-order valence-corrected chi connectivity index (χ3v) is 5.91. The lowest BCUT2D eigenvalue weighted by atomic mass is 9.98. The van der Waals surface area contributed by atoms with Gasteiger partial charge in [0.15, 0.2) is 0 Å². The number of amides is 2. The van der Waals surface area contributed by atoms with E-state index in [1.807, 2.05) is 30.3 Å². The van der Waals surface area contributed by atoms with Crippen molar-refractivity contribution in [2.24, 2.45) is 0 Å². The van der Waals surface area contributed by atoms with Crippen LogP contribution in [0.2, 0.25) is 0 Å². The van der Waals surface area contributed by atoms with Crippen molar-refractivity contribution < 1.29 is 24.2 Å². The van der Waals surface area contributed by atoms with Gasteiger partial charge in [-0.05, 0) is 53.6 Å². The van der Waals surface area contributed by atoms with Crippen molar-refractivity contribution in [3.63, 3.8) is 0 Å². The highest BCUT2D eigenvalue weighted by atomic mass is 16.5. The van der Waals surface area contributed by atoms with Crippen molar-refractivity contribution in [3.8, 4) is 11.8 Å². The molecule has 1 fully saturated rings. The van der Waals surface area contributed by atoms with Gasteiger partial charge < -0.3 is 24.8 Å². The summed E-state index contributed by atoms with van der Waals surface area (Å²) in [6.45, 7) is -0.0187. The summed E-state index contributed by atoms with van der Waals surface area (Å²) in [5.74, 6) is 0.205. The van der Waals surface area contributed by atoms with Crippen LogP contribution >= 0.6 is 0 Å². The fraction of sp³-hybridized carbons (Fsp3) is 0.222. The Kier molecular flexibility index (Phi) is 7.41. The molecule has 4 rings (SSSR count). The minimum absolute atomic E-state index is 0.0922. The third-order valence-electron chi connectivity index (χ3n) is 5.91. The van der Waals surface area contributed by atoms with E-state index in [1.54, 1.807) is 54.5 Å². The molecule has 2 atom stereocenters. The molecule has 35 heavy (non-hydrogen) atoms. The Morgan fingerprint density at radius 3 is 2.57 bits per heavy atom. The van der Waals surface area contributed by atoms with E-state index in [2.05, 4.69) is 5.32 Å². The van der Waals surface area contributed by atoms with Gasteiger partial charge in [0.25, 0.3) is 5.91 Å². The molecule has 1 aliphatic heterocycles. The Morgan fingerprint density at radius 2 is 1.91 bits per heavy atom. The maximum absolute atomic E-state index is 12.6. The maximum atomic E-state index is 12.6. The first-order valence-corrected chi connectivity index (χ1v) is 11.1. The molecule has 0 spiro atoms. The number of anilines is 1. The summed E-state index contributed by atoms with van der Waals surface area (Å²) in [4.78, 5) is 26.8. The second-order valence-corrected chi connectivity index (χ2v) is 8.12. The zero-order valence-electron chi connectivity index (χ0n) is 19.2. The van der Waals surface area contributed by atoms with Crippen molar-refractivity contribution in [2.45, 2.75) is 18.7 Å². The molecule has 1 heterocycles. The van der Waals surface area contributed by atoms with Crippen molar-refractivity contribution in [3.05, 3.63) is 95.1 Å². The van der Waals surface area contributed by atoms with Crippen LogP contribution < -0.4 is 10.1 Å². The van der Waals surface area contributed by atoms with Gasteiger partial charge in [-0.1, -0.05) is 30.3 Å². The first-order chi connectivity index (χ1) is 17.0. The molecule has 1 aliphatic rings. The number of methoxy groups -OCH3 is 1. The molecule has 0 radical (unpaired) electrons. The van der Waals surface area contributed by atoms with Crippen LogP contribution in [0.25, 0.3) is 0 Å². The van der Waals surface area contributed by atoms with Crippen LogP contribution in [0.3, 0.4) is 0 Å². The molecule has 2 N–H and O–H groups in total. The third kappa shape index (κ3) is 5.49. The lowest BCUT2D eigenvalue weighted by molar-refractivity contribution is -0.162. The van der Waals surface area contributed by atoms with Crippen LogP contribution in [0, 0.1) is 11.3 Å². The number of aliphatic hydroxyl groups excluding tert-OH is 1. The Bertz CT molecular complexity index is 1230. The van der Waals surface area contributed by atoms with Gasteiger partial charge in [0.05, 0.1) is 31.4 Å². The zero-order chi connectivity index (χ0) is 24.8. The van der Waals surface area contributed by atoms with E-state index < -0.39 is 12.1 Å². The molecular weight excluding hydrogens is 446 g/mol. The number of carbonyl (C=O) groups excluding carboxylic acids is 2. The van der Waals surface area contributed by atoms with Gasteiger partial charge in [-0.15, -0.1) is 0 Å². The highest BCUT2D eigenvalue weighted by Crippen LogP contribution is 2.31. The molecule has 178 valence electrons. The molecule has 0 aliphatic carbocycles. The Labute approximate surface area is 203 Å². The number of morpholine rings is 1. The Hall–Kier alpha value is -4.19. The summed E-state index contributed by atoms with van der Waals surface area (Å²) in [5.41, 5.74) is 3.06. The number of nitrogens with one attached hydrogen (secondary N) is 1. The second-order valence-electron chi connectivity index (χ2n) is 8.12. The maximum Gasteiger partial charge on any atom is 0.255 e. The number of nitriles is 1. The molecule has 0 bridgehead atoms. The zero-order valence-corrected chi connectivity index (χ0v) is 19.2. The molecule has 0 saturated carbocycles. The number of benzene rings is 3. The van der Waals surface area contributed by atoms with Gasteiger partial charge in [-0.2, -0.15) is 5.26 Å². The highest BCUT2D eigenvalue weighted by Gasteiger charge is 2.37. The standard InChI is InChI=1S/C27H25N3O5/c1-34-23-11-5-18(6-12-23)15-30-24(16-31)26(35-17-25(30)32)20-7-9-22(10-8-20)29-27(33)21-4-2-3-19(13-21)14-28/h2-13,24,26,31H,15-17H2,1H3,(H,29,33)/t24-,26-/m1/s1. The fourth-order valence-corrected chi connectivity index (χ4v) is 4.04. The fourth-order valence-electron chi connectivity index (χ4n) is 4.04. The molecule has 0 aromatic heterocycles. The first-order valence-electron chi connectivity index (χ1n) is 11.1. The first kappa shape index (κ1) is 24.0. The van der Waals surface area contributed by atoms with Crippen LogP contribution in [-0.2, 0) is 16.1 Å². The minimum atomic E-state index is -0.562. The quantitative estimate of drug-likeness (QED) is 0.547. The molecule has 3 aromatic carbocycles. The molecule has 3 aromatic rings. The van der Waals surface area contributed by atoms with Crippen LogP contribution in [0.5, 0.6) is 5.75 Å². The van der Waals surface area contributed by atoms with E-state index in [1.165, 1.54) is 6.07 Å². The smallest absolute Gasteiger partial charge is 0.255 e. The van der Waals surface area contributed by atoms with Crippen LogP contribution in [0.4, 0.5) is 5.69 Å². The lowest BCUT2D eigenvalue weighted by Gasteiger charge is -2.40.